The van der Waals surface area contributed by atoms with Gasteiger partial charge in [-0.3, -0.25) is 9.88 Å². The Morgan fingerprint density at radius 3 is 2.50 bits per heavy atom. The number of piperidine rings is 1. The summed E-state index contributed by atoms with van der Waals surface area (Å²) in [5.41, 5.74) is 5.15. The molecule has 3 heterocycles. The van der Waals surface area contributed by atoms with Gasteiger partial charge in [0.15, 0.2) is 0 Å². The van der Waals surface area contributed by atoms with E-state index < -0.39 is 0 Å². The van der Waals surface area contributed by atoms with Crippen molar-refractivity contribution in [3.63, 3.8) is 0 Å². The average Bonchev–Trinajstić information content (AvgIpc) is 2.72. The van der Waals surface area contributed by atoms with Crippen molar-refractivity contribution in [1.82, 2.24) is 9.88 Å². The number of pyridine rings is 1. The lowest BCUT2D eigenvalue weighted by atomic mass is 9.81. The van der Waals surface area contributed by atoms with Gasteiger partial charge in [0.25, 0.3) is 0 Å². The molecule has 2 aliphatic heterocycles. The van der Waals surface area contributed by atoms with E-state index in [4.69, 9.17) is 9.72 Å². The molecule has 0 radical (unpaired) electrons. The minimum atomic E-state index is 0.0320. The number of benzene rings is 1. The highest BCUT2D eigenvalue weighted by atomic mass is 32.2. The Bertz CT molecular complexity index is 862. The van der Waals surface area contributed by atoms with Gasteiger partial charge in [-0.05, 0) is 87.1 Å². The molecule has 1 aromatic carbocycles. The zero-order chi connectivity index (χ0) is 21.4. The van der Waals surface area contributed by atoms with Gasteiger partial charge in [-0.2, -0.15) is 11.8 Å². The van der Waals surface area contributed by atoms with Crippen molar-refractivity contribution in [3.8, 4) is 17.0 Å². The predicted molar refractivity (Wildman–Crippen MR) is 128 cm³/mol. The van der Waals surface area contributed by atoms with Gasteiger partial charge in [-0.1, -0.05) is 19.9 Å². The second-order valence-corrected chi connectivity index (χ2v) is 11.7. The Hall–Kier alpha value is -1.52. The summed E-state index contributed by atoms with van der Waals surface area (Å²) in [6, 6.07) is 11.0. The van der Waals surface area contributed by atoms with Crippen LogP contribution in [0, 0.1) is 0 Å². The van der Waals surface area contributed by atoms with Gasteiger partial charge in [-0.25, -0.2) is 0 Å². The molecule has 0 N–H and O–H groups in total. The van der Waals surface area contributed by atoms with Gasteiger partial charge >= 0.3 is 0 Å². The van der Waals surface area contributed by atoms with E-state index in [-0.39, 0.29) is 11.1 Å². The first-order chi connectivity index (χ1) is 14.2. The molecule has 1 aromatic heterocycles. The minimum Gasteiger partial charge on any atom is -0.487 e. The molecule has 1 fully saturated rings. The maximum absolute atomic E-state index is 6.64. The summed E-state index contributed by atoms with van der Waals surface area (Å²) in [7, 11) is 0. The summed E-state index contributed by atoms with van der Waals surface area (Å²) in [5.74, 6) is 2.11. The molecule has 0 bridgehead atoms. The zero-order valence-corrected chi connectivity index (χ0v) is 20.0. The molecule has 1 saturated heterocycles. The Morgan fingerprint density at radius 1 is 1.10 bits per heavy atom. The maximum atomic E-state index is 6.64. The number of rotatable bonds is 4. The summed E-state index contributed by atoms with van der Waals surface area (Å²) in [5, 5.41) is 0.648. The van der Waals surface area contributed by atoms with E-state index in [0.717, 1.165) is 56.0 Å². The summed E-state index contributed by atoms with van der Waals surface area (Å²) >= 11 is 1.96. The van der Waals surface area contributed by atoms with Crippen molar-refractivity contribution in [2.24, 2.45) is 0 Å². The third-order valence-corrected chi connectivity index (χ3v) is 7.73. The van der Waals surface area contributed by atoms with Crippen LogP contribution in [0.25, 0.3) is 11.3 Å². The van der Waals surface area contributed by atoms with E-state index in [1.807, 2.05) is 18.0 Å². The van der Waals surface area contributed by atoms with E-state index in [0.29, 0.717) is 5.25 Å². The summed E-state index contributed by atoms with van der Waals surface area (Å²) in [4.78, 5) is 7.32. The molecule has 162 valence electrons. The first-order valence-corrected chi connectivity index (χ1v) is 12.4. The highest BCUT2D eigenvalue weighted by molar-refractivity contribution is 7.99. The van der Waals surface area contributed by atoms with Crippen molar-refractivity contribution >= 4 is 11.8 Å². The van der Waals surface area contributed by atoms with Crippen LogP contribution in [0.1, 0.15) is 65.0 Å². The van der Waals surface area contributed by atoms with E-state index in [1.165, 1.54) is 16.7 Å². The number of likely N-dealkylation sites (tertiary alicyclic amines) is 1. The highest BCUT2D eigenvalue weighted by Crippen LogP contribution is 2.41. The van der Waals surface area contributed by atoms with Crippen LogP contribution in [0.3, 0.4) is 0 Å². The van der Waals surface area contributed by atoms with Gasteiger partial charge < -0.3 is 4.74 Å². The Labute approximate surface area is 186 Å². The predicted octanol–water partition coefficient (Wildman–Crippen LogP) is 6.35. The first-order valence-electron chi connectivity index (χ1n) is 11.4. The SMILES string of the molecule is CC(C)SCc1ccc(-c2ccc3c(c2)CCC2(CCN(C(C)(C)C)CC2)O3)nc1. The molecule has 0 aliphatic carbocycles. The van der Waals surface area contributed by atoms with Gasteiger partial charge in [0.05, 0.1) is 5.69 Å². The molecule has 3 nitrogen and oxygen atoms in total. The summed E-state index contributed by atoms with van der Waals surface area (Å²) in [6.07, 6.45) is 6.51. The van der Waals surface area contributed by atoms with Crippen molar-refractivity contribution in [2.75, 3.05) is 13.1 Å². The Morgan fingerprint density at radius 2 is 1.87 bits per heavy atom. The largest absolute Gasteiger partial charge is 0.487 e. The molecule has 4 rings (SSSR count). The summed E-state index contributed by atoms with van der Waals surface area (Å²) in [6.45, 7) is 13.7. The maximum Gasteiger partial charge on any atom is 0.123 e. The third-order valence-electron chi connectivity index (χ3n) is 6.56. The quantitative estimate of drug-likeness (QED) is 0.571. The molecule has 2 aromatic rings. The van der Waals surface area contributed by atoms with Crippen LogP contribution in [0.2, 0.25) is 0 Å². The molecule has 0 amide bonds. The average molecular weight is 425 g/mol. The number of thioether (sulfide) groups is 1. The fourth-order valence-electron chi connectivity index (χ4n) is 4.56. The third kappa shape index (κ3) is 4.86. The van der Waals surface area contributed by atoms with Crippen molar-refractivity contribution in [2.45, 2.75) is 82.4 Å². The van der Waals surface area contributed by atoms with Crippen molar-refractivity contribution < 1.29 is 4.74 Å². The molecular weight excluding hydrogens is 388 g/mol. The molecule has 0 saturated carbocycles. The highest BCUT2D eigenvalue weighted by Gasteiger charge is 2.41. The molecular formula is C26H36N2OS. The van der Waals surface area contributed by atoms with Crippen molar-refractivity contribution in [1.29, 1.82) is 0 Å². The number of hydrogen-bond acceptors (Lipinski definition) is 4. The molecule has 1 spiro atoms. The second kappa shape index (κ2) is 8.55. The number of aryl methyl sites for hydroxylation is 1. The van der Waals surface area contributed by atoms with Gasteiger partial charge in [-0.15, -0.1) is 0 Å². The van der Waals surface area contributed by atoms with Gasteiger partial charge in [0.1, 0.15) is 11.4 Å². The monoisotopic (exact) mass is 424 g/mol. The number of aromatic nitrogens is 1. The van der Waals surface area contributed by atoms with Crippen LogP contribution < -0.4 is 4.74 Å². The van der Waals surface area contributed by atoms with Crippen LogP contribution in [-0.4, -0.2) is 39.4 Å². The normalized spacial score (nSPS) is 19.0. The Kier molecular flexibility index (Phi) is 6.18. The lowest BCUT2D eigenvalue weighted by Gasteiger charge is -2.48. The van der Waals surface area contributed by atoms with Gasteiger partial charge in [0.2, 0.25) is 0 Å². The topological polar surface area (TPSA) is 25.4 Å². The lowest BCUT2D eigenvalue weighted by Crippen LogP contribution is -2.54. The Balaban J connectivity index is 1.44. The van der Waals surface area contributed by atoms with Crippen LogP contribution in [0.4, 0.5) is 0 Å². The number of hydrogen-bond donors (Lipinski definition) is 0. The molecule has 0 atom stereocenters. The van der Waals surface area contributed by atoms with E-state index in [1.54, 1.807) is 0 Å². The molecule has 2 aliphatic rings. The molecule has 4 heteroatoms. The smallest absolute Gasteiger partial charge is 0.123 e. The van der Waals surface area contributed by atoms with Crippen molar-refractivity contribution in [3.05, 3.63) is 47.7 Å². The van der Waals surface area contributed by atoms with E-state index in [2.05, 4.69) is 69.9 Å². The number of fused-ring (bicyclic) bond motifs is 1. The summed E-state index contributed by atoms with van der Waals surface area (Å²) < 4.78 is 6.64. The lowest BCUT2D eigenvalue weighted by molar-refractivity contribution is -0.0355. The first kappa shape index (κ1) is 21.7. The molecule has 0 unspecified atom stereocenters. The standard InChI is InChI=1S/C26H36N2OS/c1-19(2)30-18-20-6-8-23(27-17-20)21-7-9-24-22(16-21)10-11-26(29-24)12-14-28(15-13-26)25(3,4)5/h6-9,16-17,19H,10-15,18H2,1-5H3. The fourth-order valence-corrected chi connectivity index (χ4v) is 5.26. The van der Waals surface area contributed by atoms with Crippen LogP contribution in [-0.2, 0) is 12.2 Å². The zero-order valence-electron chi connectivity index (χ0n) is 19.2. The van der Waals surface area contributed by atoms with Crippen LogP contribution >= 0.6 is 11.8 Å². The van der Waals surface area contributed by atoms with Crippen LogP contribution in [0.5, 0.6) is 5.75 Å². The number of nitrogens with zero attached hydrogens (tertiary/aromatic N) is 2. The minimum absolute atomic E-state index is 0.0320. The van der Waals surface area contributed by atoms with Crippen LogP contribution in [0.15, 0.2) is 36.5 Å². The van der Waals surface area contributed by atoms with E-state index >= 15 is 0 Å². The van der Waals surface area contributed by atoms with Gasteiger partial charge in [0, 0.05) is 36.1 Å². The van der Waals surface area contributed by atoms with E-state index in [9.17, 15) is 0 Å². The molecule has 30 heavy (non-hydrogen) atoms. The fraction of sp³-hybridized carbons (Fsp3) is 0.577. The number of ether oxygens (including phenoxy) is 1. The second-order valence-electron chi connectivity index (χ2n) is 10.2.